The molecule has 0 bridgehead atoms. The largest absolute Gasteiger partial charge is 0.459 e. The van der Waals surface area contributed by atoms with E-state index in [4.69, 9.17) is 9.47 Å². The summed E-state index contributed by atoms with van der Waals surface area (Å²) < 4.78 is 10.8. The molecule has 1 fully saturated rings. The Morgan fingerprint density at radius 3 is 2.62 bits per heavy atom. The molecule has 1 rings (SSSR count). The minimum Gasteiger partial charge on any atom is -0.459 e. The molecular weight excluding hydrogens is 310 g/mol. The summed E-state index contributed by atoms with van der Waals surface area (Å²) in [5.41, 5.74) is 0.703. The van der Waals surface area contributed by atoms with Crippen LogP contribution in [0.15, 0.2) is 23.8 Å². The Kier molecular flexibility index (Phi) is 8.40. The van der Waals surface area contributed by atoms with Crippen molar-refractivity contribution in [3.8, 4) is 0 Å². The fourth-order valence-corrected chi connectivity index (χ4v) is 2.55. The van der Waals surface area contributed by atoms with Crippen LogP contribution in [0, 0.1) is 0 Å². The third-order valence-corrected chi connectivity index (χ3v) is 3.86. The molecule has 4 atom stereocenters. The van der Waals surface area contributed by atoms with Crippen LogP contribution in [0.3, 0.4) is 0 Å². The fraction of sp³-hybridized carbons (Fsp3) is 0.611. The fourth-order valence-electron chi connectivity index (χ4n) is 2.55. The van der Waals surface area contributed by atoms with E-state index in [9.17, 15) is 14.4 Å². The van der Waals surface area contributed by atoms with Gasteiger partial charge < -0.3 is 14.8 Å². The molecule has 1 aliphatic heterocycles. The van der Waals surface area contributed by atoms with Gasteiger partial charge in [0.2, 0.25) is 5.91 Å². The van der Waals surface area contributed by atoms with Crippen molar-refractivity contribution in [2.24, 2.45) is 0 Å². The Morgan fingerprint density at radius 1 is 1.33 bits per heavy atom. The van der Waals surface area contributed by atoms with E-state index in [1.807, 2.05) is 13.0 Å². The molecule has 0 spiro atoms. The Bertz CT molecular complexity index is 512. The van der Waals surface area contributed by atoms with E-state index < -0.39 is 6.10 Å². The van der Waals surface area contributed by atoms with Gasteiger partial charge in [-0.3, -0.25) is 14.4 Å². The van der Waals surface area contributed by atoms with Gasteiger partial charge in [-0.2, -0.15) is 0 Å². The second-order valence-electron chi connectivity index (χ2n) is 6.13. The molecule has 0 saturated carbocycles. The zero-order chi connectivity index (χ0) is 18.1. The zero-order valence-electron chi connectivity index (χ0n) is 14.8. The molecule has 0 aromatic rings. The van der Waals surface area contributed by atoms with Crippen molar-refractivity contribution in [3.05, 3.63) is 23.8 Å². The average molecular weight is 337 g/mol. The SMILES string of the molecule is CC(=O)O[C@@H](C)C=CC(=O)N[C@@H]1CC[C@H](CC=C(C)C=O)O[C@@H]1C. The second-order valence-corrected chi connectivity index (χ2v) is 6.13. The first-order valence-electron chi connectivity index (χ1n) is 8.25. The monoisotopic (exact) mass is 337 g/mol. The van der Waals surface area contributed by atoms with Crippen LogP contribution in [0.2, 0.25) is 0 Å². The summed E-state index contributed by atoms with van der Waals surface area (Å²) in [5, 5.41) is 2.91. The first-order valence-corrected chi connectivity index (χ1v) is 8.25. The molecule has 24 heavy (non-hydrogen) atoms. The normalized spacial score (nSPS) is 26.0. The van der Waals surface area contributed by atoms with Crippen LogP contribution in [0.1, 0.15) is 47.0 Å². The topological polar surface area (TPSA) is 81.7 Å². The van der Waals surface area contributed by atoms with Gasteiger partial charge in [-0.05, 0) is 51.7 Å². The van der Waals surface area contributed by atoms with Crippen molar-refractivity contribution in [1.29, 1.82) is 0 Å². The van der Waals surface area contributed by atoms with E-state index in [1.165, 1.54) is 13.0 Å². The van der Waals surface area contributed by atoms with Crippen LogP contribution in [-0.4, -0.2) is 42.5 Å². The summed E-state index contributed by atoms with van der Waals surface area (Å²) in [4.78, 5) is 33.3. The van der Waals surface area contributed by atoms with Crippen molar-refractivity contribution in [2.45, 2.75) is 71.3 Å². The highest BCUT2D eigenvalue weighted by atomic mass is 16.5. The van der Waals surface area contributed by atoms with Crippen LogP contribution < -0.4 is 5.32 Å². The van der Waals surface area contributed by atoms with Gasteiger partial charge in [-0.1, -0.05) is 6.08 Å². The summed E-state index contributed by atoms with van der Waals surface area (Å²) in [7, 11) is 0. The Labute approximate surface area is 143 Å². The number of hydrogen-bond donors (Lipinski definition) is 1. The van der Waals surface area contributed by atoms with Gasteiger partial charge in [-0.25, -0.2) is 0 Å². The molecule has 0 aromatic heterocycles. The number of hydrogen-bond acceptors (Lipinski definition) is 5. The third kappa shape index (κ3) is 7.55. The number of ether oxygens (including phenoxy) is 2. The molecule has 6 nitrogen and oxygen atoms in total. The highest BCUT2D eigenvalue weighted by Crippen LogP contribution is 2.22. The molecule has 0 radical (unpaired) electrons. The minimum atomic E-state index is -0.439. The maximum absolute atomic E-state index is 11.9. The Morgan fingerprint density at radius 2 is 2.04 bits per heavy atom. The summed E-state index contributed by atoms with van der Waals surface area (Å²) in [6, 6.07) is -0.0569. The van der Waals surface area contributed by atoms with Gasteiger partial charge >= 0.3 is 5.97 Å². The smallest absolute Gasteiger partial charge is 0.303 e. The van der Waals surface area contributed by atoms with Gasteiger partial charge in [0.05, 0.1) is 18.2 Å². The number of nitrogens with one attached hydrogen (secondary N) is 1. The van der Waals surface area contributed by atoms with Crippen LogP contribution in [0.4, 0.5) is 0 Å². The van der Waals surface area contributed by atoms with Crippen molar-refractivity contribution in [2.75, 3.05) is 0 Å². The number of carbonyl (C=O) groups excluding carboxylic acids is 3. The Hall–Kier alpha value is -1.95. The molecule has 0 unspecified atom stereocenters. The molecule has 1 N–H and O–H groups in total. The third-order valence-electron chi connectivity index (χ3n) is 3.86. The van der Waals surface area contributed by atoms with Gasteiger partial charge in [0, 0.05) is 13.0 Å². The number of allylic oxidation sites excluding steroid dienone is 1. The average Bonchev–Trinajstić information content (AvgIpc) is 2.52. The predicted molar refractivity (Wildman–Crippen MR) is 90.3 cm³/mol. The summed E-state index contributed by atoms with van der Waals surface area (Å²) in [6.45, 7) is 6.72. The maximum Gasteiger partial charge on any atom is 0.303 e. The first-order chi connectivity index (χ1) is 11.3. The minimum absolute atomic E-state index is 0.0569. The highest BCUT2D eigenvalue weighted by molar-refractivity contribution is 5.87. The number of esters is 1. The predicted octanol–water partition coefficient (Wildman–Crippen LogP) is 2.08. The summed E-state index contributed by atoms with van der Waals surface area (Å²) >= 11 is 0. The number of rotatable bonds is 7. The lowest BCUT2D eigenvalue weighted by molar-refractivity contribution is -0.143. The summed E-state index contributed by atoms with van der Waals surface area (Å²) in [5.74, 6) is -0.614. The van der Waals surface area contributed by atoms with E-state index in [2.05, 4.69) is 5.32 Å². The van der Waals surface area contributed by atoms with E-state index in [-0.39, 0.29) is 30.1 Å². The van der Waals surface area contributed by atoms with E-state index in [0.717, 1.165) is 19.1 Å². The molecule has 6 heteroatoms. The van der Waals surface area contributed by atoms with Gasteiger partial charge in [0.25, 0.3) is 0 Å². The lowest BCUT2D eigenvalue weighted by Gasteiger charge is -2.34. The van der Waals surface area contributed by atoms with Gasteiger partial charge in [0.1, 0.15) is 12.4 Å². The van der Waals surface area contributed by atoms with Crippen LogP contribution in [0.25, 0.3) is 0 Å². The number of carbonyl (C=O) groups is 3. The molecular formula is C18H27NO5. The number of amides is 1. The molecule has 0 aromatic carbocycles. The Balaban J connectivity index is 2.42. The van der Waals surface area contributed by atoms with Crippen LogP contribution >= 0.6 is 0 Å². The van der Waals surface area contributed by atoms with Crippen molar-refractivity contribution < 1.29 is 23.9 Å². The van der Waals surface area contributed by atoms with E-state index in [1.54, 1.807) is 19.9 Å². The molecule has 1 saturated heterocycles. The lowest BCUT2D eigenvalue weighted by atomic mass is 9.97. The van der Waals surface area contributed by atoms with Crippen LogP contribution in [-0.2, 0) is 23.9 Å². The maximum atomic E-state index is 11.9. The standard InChI is InChI=1S/C18H27NO5/c1-12(11-20)5-7-16-8-9-17(14(3)24-16)19-18(22)10-6-13(2)23-15(4)21/h5-6,10-11,13-14,16-17H,7-9H2,1-4H3,(H,19,22)/t13-,14+,16-,17+/m0/s1. The van der Waals surface area contributed by atoms with E-state index >= 15 is 0 Å². The molecule has 1 heterocycles. The first kappa shape index (κ1) is 20.1. The van der Waals surface area contributed by atoms with Gasteiger partial charge in [0.15, 0.2) is 0 Å². The van der Waals surface area contributed by atoms with Crippen LogP contribution in [0.5, 0.6) is 0 Å². The van der Waals surface area contributed by atoms with Crippen molar-refractivity contribution >= 4 is 18.2 Å². The quantitative estimate of drug-likeness (QED) is 0.437. The molecule has 1 amide bonds. The second kappa shape index (κ2) is 10.0. The van der Waals surface area contributed by atoms with E-state index in [0.29, 0.717) is 12.0 Å². The highest BCUT2D eigenvalue weighted by Gasteiger charge is 2.28. The van der Waals surface area contributed by atoms with Gasteiger partial charge in [-0.15, -0.1) is 0 Å². The van der Waals surface area contributed by atoms with Crippen molar-refractivity contribution in [1.82, 2.24) is 5.32 Å². The molecule has 134 valence electrons. The lowest BCUT2D eigenvalue weighted by Crippen LogP contribution is -2.47. The number of aldehydes is 1. The molecule has 0 aliphatic carbocycles. The summed E-state index contributed by atoms with van der Waals surface area (Å²) in [6.07, 6.45) is 7.51. The zero-order valence-corrected chi connectivity index (χ0v) is 14.8. The van der Waals surface area contributed by atoms with Crippen molar-refractivity contribution in [3.63, 3.8) is 0 Å². The molecule has 1 aliphatic rings.